The van der Waals surface area contributed by atoms with Gasteiger partial charge in [0.1, 0.15) is 0 Å². The zero-order chi connectivity index (χ0) is 9.73. The van der Waals surface area contributed by atoms with Crippen LogP contribution in [-0.2, 0) is 0 Å². The molecular formula is C12H21N. The summed E-state index contributed by atoms with van der Waals surface area (Å²) in [7, 11) is 0. The van der Waals surface area contributed by atoms with E-state index in [4.69, 9.17) is 0 Å². The van der Waals surface area contributed by atoms with Gasteiger partial charge in [-0.3, -0.25) is 4.99 Å². The largest absolute Gasteiger partial charge is 0.287 e. The second-order valence-electron chi connectivity index (χ2n) is 4.83. The number of aliphatic imine (C=N–C) groups is 1. The molecule has 0 aliphatic heterocycles. The highest BCUT2D eigenvalue weighted by Gasteiger charge is 2.05. The number of rotatable bonds is 1. The van der Waals surface area contributed by atoms with E-state index in [-0.39, 0.29) is 5.54 Å². The molecule has 0 saturated heterocycles. The number of hydrogen-bond donors (Lipinski definition) is 0. The Bertz CT molecular complexity index is 198. The summed E-state index contributed by atoms with van der Waals surface area (Å²) < 4.78 is 0. The van der Waals surface area contributed by atoms with Gasteiger partial charge in [0, 0.05) is 6.21 Å². The van der Waals surface area contributed by atoms with Gasteiger partial charge < -0.3 is 0 Å². The highest BCUT2D eigenvalue weighted by atomic mass is 14.8. The summed E-state index contributed by atoms with van der Waals surface area (Å²) >= 11 is 0. The summed E-state index contributed by atoms with van der Waals surface area (Å²) in [5.74, 6) is 0. The molecule has 13 heavy (non-hydrogen) atoms. The Morgan fingerprint density at radius 2 is 1.69 bits per heavy atom. The van der Waals surface area contributed by atoms with Gasteiger partial charge in [-0.15, -0.1) is 0 Å². The molecule has 1 saturated carbocycles. The SMILES string of the molecule is CC(C)(C)N=CC=C1CCCCC1. The summed E-state index contributed by atoms with van der Waals surface area (Å²) in [6, 6.07) is 0. The molecule has 0 aromatic heterocycles. The van der Waals surface area contributed by atoms with Crippen molar-refractivity contribution in [2.45, 2.75) is 58.4 Å². The van der Waals surface area contributed by atoms with E-state index >= 15 is 0 Å². The van der Waals surface area contributed by atoms with Gasteiger partial charge in [-0.05, 0) is 52.5 Å². The molecule has 0 heterocycles. The van der Waals surface area contributed by atoms with E-state index < -0.39 is 0 Å². The van der Waals surface area contributed by atoms with Crippen molar-refractivity contribution in [3.05, 3.63) is 11.6 Å². The van der Waals surface area contributed by atoms with Crippen LogP contribution in [-0.4, -0.2) is 11.8 Å². The number of nitrogens with zero attached hydrogens (tertiary/aromatic N) is 1. The summed E-state index contributed by atoms with van der Waals surface area (Å²) in [5.41, 5.74) is 1.66. The van der Waals surface area contributed by atoms with Gasteiger partial charge in [-0.25, -0.2) is 0 Å². The fraction of sp³-hybridized carbons (Fsp3) is 0.750. The maximum absolute atomic E-state index is 4.45. The van der Waals surface area contributed by atoms with Crippen molar-refractivity contribution < 1.29 is 0 Å². The second kappa shape index (κ2) is 4.59. The molecular weight excluding hydrogens is 158 g/mol. The predicted molar refractivity (Wildman–Crippen MR) is 59.4 cm³/mol. The molecule has 0 aromatic rings. The van der Waals surface area contributed by atoms with Crippen LogP contribution in [0.2, 0.25) is 0 Å². The standard InChI is InChI=1S/C12H21N/c1-12(2,3)13-10-9-11-7-5-4-6-8-11/h9-10H,4-8H2,1-3H3. The summed E-state index contributed by atoms with van der Waals surface area (Å²) in [6.45, 7) is 6.38. The monoisotopic (exact) mass is 179 g/mol. The summed E-state index contributed by atoms with van der Waals surface area (Å²) in [5, 5.41) is 0. The van der Waals surface area contributed by atoms with Crippen LogP contribution < -0.4 is 0 Å². The minimum atomic E-state index is 0.0751. The molecule has 0 aromatic carbocycles. The average Bonchev–Trinajstić information content (AvgIpc) is 2.04. The van der Waals surface area contributed by atoms with E-state index in [0.717, 1.165) is 0 Å². The summed E-state index contributed by atoms with van der Waals surface area (Å²) in [6.07, 6.45) is 10.9. The molecule has 1 heteroatoms. The van der Waals surface area contributed by atoms with Crippen LogP contribution in [0.4, 0.5) is 0 Å². The van der Waals surface area contributed by atoms with Crippen LogP contribution in [0.5, 0.6) is 0 Å². The van der Waals surface area contributed by atoms with Crippen LogP contribution in [0.3, 0.4) is 0 Å². The molecule has 0 atom stereocenters. The van der Waals surface area contributed by atoms with Crippen LogP contribution in [0.1, 0.15) is 52.9 Å². The molecule has 0 unspecified atom stereocenters. The third kappa shape index (κ3) is 4.87. The van der Waals surface area contributed by atoms with Crippen molar-refractivity contribution in [3.8, 4) is 0 Å². The first-order valence-electron chi connectivity index (χ1n) is 5.31. The van der Waals surface area contributed by atoms with E-state index in [9.17, 15) is 0 Å². The number of hydrogen-bond acceptors (Lipinski definition) is 1. The lowest BCUT2D eigenvalue weighted by Crippen LogP contribution is -2.09. The van der Waals surface area contributed by atoms with Crippen molar-refractivity contribution in [1.29, 1.82) is 0 Å². The van der Waals surface area contributed by atoms with Gasteiger partial charge in [-0.2, -0.15) is 0 Å². The Balaban J connectivity index is 2.42. The first-order valence-corrected chi connectivity index (χ1v) is 5.31. The molecule has 74 valence electrons. The Morgan fingerprint density at radius 1 is 1.08 bits per heavy atom. The molecule has 1 aliphatic rings. The van der Waals surface area contributed by atoms with Gasteiger partial charge in [0.2, 0.25) is 0 Å². The van der Waals surface area contributed by atoms with Crippen molar-refractivity contribution >= 4 is 6.21 Å². The van der Waals surface area contributed by atoms with E-state index in [2.05, 4.69) is 31.8 Å². The topological polar surface area (TPSA) is 12.4 Å². The second-order valence-corrected chi connectivity index (χ2v) is 4.83. The van der Waals surface area contributed by atoms with Crippen LogP contribution in [0.15, 0.2) is 16.6 Å². The minimum absolute atomic E-state index is 0.0751. The zero-order valence-corrected chi connectivity index (χ0v) is 9.14. The van der Waals surface area contributed by atoms with Crippen molar-refractivity contribution in [2.24, 2.45) is 4.99 Å². The van der Waals surface area contributed by atoms with Crippen LogP contribution in [0.25, 0.3) is 0 Å². The van der Waals surface area contributed by atoms with E-state index in [1.807, 2.05) is 6.21 Å². The predicted octanol–water partition coefficient (Wildman–Crippen LogP) is 3.75. The van der Waals surface area contributed by atoms with Crippen molar-refractivity contribution in [2.75, 3.05) is 0 Å². The average molecular weight is 179 g/mol. The third-order valence-corrected chi connectivity index (χ3v) is 2.27. The highest BCUT2D eigenvalue weighted by Crippen LogP contribution is 2.22. The van der Waals surface area contributed by atoms with E-state index in [0.29, 0.717) is 0 Å². The van der Waals surface area contributed by atoms with Gasteiger partial charge in [0.05, 0.1) is 5.54 Å². The van der Waals surface area contributed by atoms with Gasteiger partial charge in [-0.1, -0.05) is 12.0 Å². The lowest BCUT2D eigenvalue weighted by atomic mass is 9.95. The molecule has 0 radical (unpaired) electrons. The van der Waals surface area contributed by atoms with Gasteiger partial charge in [0.25, 0.3) is 0 Å². The maximum atomic E-state index is 4.45. The molecule has 0 bridgehead atoms. The first-order chi connectivity index (χ1) is 6.08. The fourth-order valence-corrected chi connectivity index (χ4v) is 1.54. The van der Waals surface area contributed by atoms with E-state index in [1.54, 1.807) is 5.57 Å². The Labute approximate surface area is 82.0 Å². The lowest BCUT2D eigenvalue weighted by Gasteiger charge is -2.13. The molecule has 0 N–H and O–H groups in total. The molecule has 1 aliphatic carbocycles. The zero-order valence-electron chi connectivity index (χ0n) is 9.14. The van der Waals surface area contributed by atoms with Crippen LogP contribution >= 0.6 is 0 Å². The molecule has 0 amide bonds. The molecule has 1 nitrogen and oxygen atoms in total. The summed E-state index contributed by atoms with van der Waals surface area (Å²) in [4.78, 5) is 4.45. The van der Waals surface area contributed by atoms with Crippen LogP contribution in [0, 0.1) is 0 Å². The normalized spacial score (nSPS) is 19.5. The maximum Gasteiger partial charge on any atom is 0.0524 e. The van der Waals surface area contributed by atoms with Crippen molar-refractivity contribution in [1.82, 2.24) is 0 Å². The highest BCUT2D eigenvalue weighted by molar-refractivity contribution is 5.72. The lowest BCUT2D eigenvalue weighted by molar-refractivity contribution is 0.585. The Morgan fingerprint density at radius 3 is 2.23 bits per heavy atom. The minimum Gasteiger partial charge on any atom is -0.287 e. The molecule has 0 spiro atoms. The molecule has 1 fully saturated rings. The number of allylic oxidation sites excluding steroid dienone is 2. The Hall–Kier alpha value is -0.590. The van der Waals surface area contributed by atoms with Gasteiger partial charge >= 0.3 is 0 Å². The third-order valence-electron chi connectivity index (χ3n) is 2.27. The Kier molecular flexibility index (Phi) is 3.71. The first kappa shape index (κ1) is 10.5. The smallest absolute Gasteiger partial charge is 0.0524 e. The van der Waals surface area contributed by atoms with Gasteiger partial charge in [0.15, 0.2) is 0 Å². The quantitative estimate of drug-likeness (QED) is 0.544. The molecule has 1 rings (SSSR count). The van der Waals surface area contributed by atoms with Crippen molar-refractivity contribution in [3.63, 3.8) is 0 Å². The van der Waals surface area contributed by atoms with E-state index in [1.165, 1.54) is 32.1 Å². The fourth-order valence-electron chi connectivity index (χ4n) is 1.54.